The van der Waals surface area contributed by atoms with Crippen molar-refractivity contribution < 1.29 is 0 Å². The van der Waals surface area contributed by atoms with Gasteiger partial charge in [-0.05, 0) is 41.2 Å². The maximum absolute atomic E-state index is 3.33. The summed E-state index contributed by atoms with van der Waals surface area (Å²) in [7, 11) is 0. The van der Waals surface area contributed by atoms with E-state index in [0.29, 0.717) is 0 Å². The molecule has 1 aliphatic carbocycles. The summed E-state index contributed by atoms with van der Waals surface area (Å²) < 4.78 is 0. The lowest BCUT2D eigenvalue weighted by molar-refractivity contribution is 0.940. The van der Waals surface area contributed by atoms with E-state index in [0.717, 1.165) is 12.8 Å². The van der Waals surface area contributed by atoms with Crippen LogP contribution in [-0.4, -0.2) is 0 Å². The SMILES string of the molecule is [c]1cccc2c1CCc1ccccc1-2. The highest BCUT2D eigenvalue weighted by atomic mass is 14.2. The lowest BCUT2D eigenvalue weighted by atomic mass is 9.86. The van der Waals surface area contributed by atoms with E-state index in [1.807, 2.05) is 6.07 Å². The molecule has 0 fully saturated rings. The summed E-state index contributed by atoms with van der Waals surface area (Å²) in [6.45, 7) is 0. The number of fused-ring (bicyclic) bond motifs is 3. The molecule has 3 rings (SSSR count). The topological polar surface area (TPSA) is 0 Å². The molecule has 0 bridgehead atoms. The summed E-state index contributed by atoms with van der Waals surface area (Å²) in [6, 6.07) is 18.3. The van der Waals surface area contributed by atoms with Crippen molar-refractivity contribution >= 4 is 0 Å². The van der Waals surface area contributed by atoms with Crippen LogP contribution in [0.2, 0.25) is 0 Å². The molecule has 2 aromatic carbocycles. The Morgan fingerprint density at radius 3 is 2.71 bits per heavy atom. The van der Waals surface area contributed by atoms with E-state index in [4.69, 9.17) is 0 Å². The van der Waals surface area contributed by atoms with Gasteiger partial charge in [-0.1, -0.05) is 42.5 Å². The Balaban J connectivity index is 2.29. The van der Waals surface area contributed by atoms with E-state index in [-0.39, 0.29) is 0 Å². The minimum Gasteiger partial charge on any atom is -0.0620 e. The predicted molar refractivity (Wildman–Crippen MR) is 58.1 cm³/mol. The minimum absolute atomic E-state index is 1.13. The van der Waals surface area contributed by atoms with Crippen LogP contribution in [0.25, 0.3) is 11.1 Å². The van der Waals surface area contributed by atoms with E-state index < -0.39 is 0 Å². The highest BCUT2D eigenvalue weighted by molar-refractivity contribution is 5.72. The van der Waals surface area contributed by atoms with Crippen molar-refractivity contribution in [3.8, 4) is 11.1 Å². The molecule has 0 atom stereocenters. The van der Waals surface area contributed by atoms with Crippen molar-refractivity contribution in [3.05, 3.63) is 59.7 Å². The molecule has 0 aromatic heterocycles. The lowest BCUT2D eigenvalue weighted by Gasteiger charge is -2.18. The first-order valence-corrected chi connectivity index (χ1v) is 5.03. The van der Waals surface area contributed by atoms with Crippen LogP contribution in [0, 0.1) is 6.07 Å². The average molecular weight is 179 g/mol. The molecular formula is C14H11. The normalized spacial score (nSPS) is 13.1. The second-order valence-electron chi connectivity index (χ2n) is 3.72. The van der Waals surface area contributed by atoms with Crippen molar-refractivity contribution in [2.24, 2.45) is 0 Å². The first kappa shape index (κ1) is 7.81. The minimum atomic E-state index is 1.13. The standard InChI is InChI=1S/C14H11/c1-3-7-13-11(5-1)9-10-12-6-2-4-8-14(12)13/h1-5,7-8H,9-10H2. The molecule has 1 aliphatic rings. The molecule has 0 aliphatic heterocycles. The monoisotopic (exact) mass is 179 g/mol. The summed E-state index contributed by atoms with van der Waals surface area (Å²) in [4.78, 5) is 0. The Labute approximate surface area is 84.2 Å². The predicted octanol–water partition coefficient (Wildman–Crippen LogP) is 3.25. The van der Waals surface area contributed by atoms with Crippen molar-refractivity contribution in [2.45, 2.75) is 12.8 Å². The van der Waals surface area contributed by atoms with Crippen LogP contribution in [0.15, 0.2) is 42.5 Å². The molecule has 0 N–H and O–H groups in total. The molecule has 0 heterocycles. The zero-order chi connectivity index (χ0) is 9.38. The number of hydrogen-bond acceptors (Lipinski definition) is 0. The largest absolute Gasteiger partial charge is 0.0620 e. The first-order chi connectivity index (χ1) is 6.95. The second kappa shape index (κ2) is 2.98. The maximum atomic E-state index is 3.33. The van der Waals surface area contributed by atoms with Crippen LogP contribution >= 0.6 is 0 Å². The van der Waals surface area contributed by atoms with Crippen LogP contribution in [0.4, 0.5) is 0 Å². The van der Waals surface area contributed by atoms with Crippen molar-refractivity contribution in [1.29, 1.82) is 0 Å². The summed E-state index contributed by atoms with van der Waals surface area (Å²) >= 11 is 0. The van der Waals surface area contributed by atoms with Crippen LogP contribution in [0.1, 0.15) is 11.1 Å². The van der Waals surface area contributed by atoms with E-state index in [9.17, 15) is 0 Å². The number of rotatable bonds is 0. The Bertz CT molecular complexity index is 423. The van der Waals surface area contributed by atoms with E-state index in [1.165, 1.54) is 22.3 Å². The van der Waals surface area contributed by atoms with Crippen LogP contribution in [0.5, 0.6) is 0 Å². The van der Waals surface area contributed by atoms with E-state index in [1.54, 1.807) is 0 Å². The zero-order valence-corrected chi connectivity index (χ0v) is 7.96. The molecule has 0 unspecified atom stereocenters. The summed E-state index contributed by atoms with van der Waals surface area (Å²) in [5, 5.41) is 0. The number of aryl methyl sites for hydroxylation is 2. The van der Waals surface area contributed by atoms with E-state index >= 15 is 0 Å². The van der Waals surface area contributed by atoms with Crippen molar-refractivity contribution in [1.82, 2.24) is 0 Å². The Morgan fingerprint density at radius 2 is 1.71 bits per heavy atom. The van der Waals surface area contributed by atoms with Gasteiger partial charge in [0.25, 0.3) is 0 Å². The van der Waals surface area contributed by atoms with Gasteiger partial charge in [-0.2, -0.15) is 0 Å². The molecule has 0 saturated heterocycles. The molecule has 0 saturated carbocycles. The smallest absolute Gasteiger partial charge is 0.0143 e. The molecule has 67 valence electrons. The van der Waals surface area contributed by atoms with Gasteiger partial charge in [0, 0.05) is 0 Å². The summed E-state index contributed by atoms with van der Waals surface area (Å²) in [5.41, 5.74) is 5.60. The number of hydrogen-bond donors (Lipinski definition) is 0. The fourth-order valence-corrected chi connectivity index (χ4v) is 2.19. The maximum Gasteiger partial charge on any atom is -0.0143 e. The Hall–Kier alpha value is -1.56. The summed E-state index contributed by atoms with van der Waals surface area (Å²) in [5.74, 6) is 0. The van der Waals surface area contributed by atoms with Gasteiger partial charge in [-0.3, -0.25) is 0 Å². The zero-order valence-electron chi connectivity index (χ0n) is 7.96. The molecule has 0 nitrogen and oxygen atoms in total. The van der Waals surface area contributed by atoms with Crippen molar-refractivity contribution in [3.63, 3.8) is 0 Å². The molecular weight excluding hydrogens is 168 g/mol. The van der Waals surface area contributed by atoms with E-state index in [2.05, 4.69) is 42.5 Å². The molecule has 14 heavy (non-hydrogen) atoms. The van der Waals surface area contributed by atoms with Gasteiger partial charge in [0.1, 0.15) is 0 Å². The average Bonchev–Trinajstić information content (AvgIpc) is 2.29. The fourth-order valence-electron chi connectivity index (χ4n) is 2.19. The van der Waals surface area contributed by atoms with Gasteiger partial charge < -0.3 is 0 Å². The molecule has 0 amide bonds. The van der Waals surface area contributed by atoms with Crippen molar-refractivity contribution in [2.75, 3.05) is 0 Å². The van der Waals surface area contributed by atoms with Crippen LogP contribution in [0.3, 0.4) is 0 Å². The first-order valence-electron chi connectivity index (χ1n) is 5.03. The Morgan fingerprint density at radius 1 is 0.857 bits per heavy atom. The lowest BCUT2D eigenvalue weighted by Crippen LogP contribution is -2.03. The highest BCUT2D eigenvalue weighted by Crippen LogP contribution is 2.32. The molecule has 1 radical (unpaired) electrons. The molecule has 0 heteroatoms. The third kappa shape index (κ3) is 1.07. The summed E-state index contributed by atoms with van der Waals surface area (Å²) in [6.07, 6.45) is 2.29. The third-order valence-electron chi connectivity index (χ3n) is 2.89. The third-order valence-corrected chi connectivity index (χ3v) is 2.89. The Kier molecular flexibility index (Phi) is 1.66. The van der Waals surface area contributed by atoms with Gasteiger partial charge in [0.2, 0.25) is 0 Å². The van der Waals surface area contributed by atoms with Gasteiger partial charge in [-0.25, -0.2) is 0 Å². The molecule has 0 spiro atoms. The fraction of sp³-hybridized carbons (Fsp3) is 0.143. The van der Waals surface area contributed by atoms with Gasteiger partial charge in [0.05, 0.1) is 0 Å². The van der Waals surface area contributed by atoms with Crippen LogP contribution in [-0.2, 0) is 12.8 Å². The van der Waals surface area contributed by atoms with Gasteiger partial charge >= 0.3 is 0 Å². The second-order valence-corrected chi connectivity index (χ2v) is 3.72. The molecule has 2 aromatic rings. The quantitative estimate of drug-likeness (QED) is 0.582. The number of benzene rings is 2. The van der Waals surface area contributed by atoms with Gasteiger partial charge in [0.15, 0.2) is 0 Å². The van der Waals surface area contributed by atoms with Gasteiger partial charge in [-0.15, -0.1) is 0 Å². The highest BCUT2D eigenvalue weighted by Gasteiger charge is 2.13. The van der Waals surface area contributed by atoms with Crippen LogP contribution < -0.4 is 0 Å².